The third-order valence-electron chi connectivity index (χ3n) is 3.94. The first-order chi connectivity index (χ1) is 13.1. The van der Waals surface area contributed by atoms with Gasteiger partial charge in [0.15, 0.2) is 11.0 Å². The summed E-state index contributed by atoms with van der Waals surface area (Å²) in [6.45, 7) is 3.58. The normalized spacial score (nSPS) is 18.0. The second-order valence-corrected chi connectivity index (χ2v) is 7.33. The fourth-order valence-corrected chi connectivity index (χ4v) is 3.61. The van der Waals surface area contributed by atoms with Crippen LogP contribution in [0.3, 0.4) is 0 Å². The summed E-state index contributed by atoms with van der Waals surface area (Å²) >= 11 is 1.52. The van der Waals surface area contributed by atoms with E-state index in [0.29, 0.717) is 11.9 Å². The van der Waals surface area contributed by atoms with Crippen LogP contribution in [-0.4, -0.2) is 32.2 Å². The number of carbonyl (C=O) groups is 1. The minimum Gasteiger partial charge on any atom is -0.326 e. The minimum atomic E-state index is -0.0895. The number of hydrazine groups is 1. The number of anilines is 1. The van der Waals surface area contributed by atoms with E-state index in [1.165, 1.54) is 18.7 Å². The molecule has 0 bridgehead atoms. The van der Waals surface area contributed by atoms with Gasteiger partial charge in [-0.25, -0.2) is 20.4 Å². The quantitative estimate of drug-likeness (QED) is 0.602. The van der Waals surface area contributed by atoms with Crippen molar-refractivity contribution in [1.29, 1.82) is 0 Å². The molecule has 4 rings (SSSR count). The first kappa shape index (κ1) is 17.5. The van der Waals surface area contributed by atoms with Gasteiger partial charge in [-0.2, -0.15) is 0 Å². The Bertz CT molecular complexity index is 1010. The molecular formula is C18H19N7OS. The summed E-state index contributed by atoms with van der Waals surface area (Å²) in [6.07, 6.45) is 4.45. The lowest BCUT2D eigenvalue weighted by atomic mass is 10.3. The Balaban J connectivity index is 1.62. The second kappa shape index (κ2) is 7.37. The Morgan fingerprint density at radius 3 is 2.89 bits per heavy atom. The first-order valence-electron chi connectivity index (χ1n) is 8.55. The van der Waals surface area contributed by atoms with E-state index in [9.17, 15) is 4.79 Å². The van der Waals surface area contributed by atoms with E-state index in [4.69, 9.17) is 0 Å². The maximum absolute atomic E-state index is 11.1. The molecule has 1 aromatic carbocycles. The van der Waals surface area contributed by atoms with Crippen LogP contribution in [0, 0.1) is 0 Å². The molecule has 0 aliphatic carbocycles. The standard InChI is InChI=1S/C18H19N7OS/c1-11-9-16(24-23-11)21-15-10-17-19-7-8-25(17)18(22-15)27-14-5-3-13(4-6-14)20-12(2)26/h3-8,10-11,23H,9H2,1-2H3,(H,20,26)(H,21,24). The molecular weight excluding hydrogens is 362 g/mol. The van der Waals surface area contributed by atoms with Crippen LogP contribution in [0.2, 0.25) is 0 Å². The van der Waals surface area contributed by atoms with Gasteiger partial charge in [0.05, 0.1) is 0 Å². The lowest BCUT2D eigenvalue weighted by Crippen LogP contribution is -2.29. The van der Waals surface area contributed by atoms with Crippen LogP contribution in [0.25, 0.3) is 5.65 Å². The number of hydrogen-bond acceptors (Lipinski definition) is 6. The highest BCUT2D eigenvalue weighted by molar-refractivity contribution is 7.99. The molecule has 1 saturated heterocycles. The number of imidazole rings is 1. The summed E-state index contributed by atoms with van der Waals surface area (Å²) < 4.78 is 1.93. The van der Waals surface area contributed by atoms with Crippen molar-refractivity contribution in [2.75, 3.05) is 5.32 Å². The maximum atomic E-state index is 11.1. The van der Waals surface area contributed by atoms with E-state index in [1.54, 1.807) is 6.20 Å². The molecule has 1 fully saturated rings. The Kier molecular flexibility index (Phi) is 4.78. The molecule has 0 saturated carbocycles. The van der Waals surface area contributed by atoms with Crippen LogP contribution in [-0.2, 0) is 4.79 Å². The third kappa shape index (κ3) is 4.09. The fraction of sp³-hybridized carbons (Fsp3) is 0.222. The molecule has 8 nitrogen and oxygen atoms in total. The number of amides is 1. The highest BCUT2D eigenvalue weighted by Crippen LogP contribution is 2.29. The summed E-state index contributed by atoms with van der Waals surface area (Å²) in [4.78, 5) is 25.8. The summed E-state index contributed by atoms with van der Waals surface area (Å²) in [5.74, 6) is 1.39. The molecule has 1 atom stereocenters. The van der Waals surface area contributed by atoms with Gasteiger partial charge in [-0.3, -0.25) is 9.20 Å². The number of amidine groups is 1. The monoisotopic (exact) mass is 381 g/mol. The number of benzene rings is 1. The number of nitrogens with zero attached hydrogens (tertiary/aromatic N) is 4. The van der Waals surface area contributed by atoms with Crippen molar-refractivity contribution in [1.82, 2.24) is 25.2 Å². The van der Waals surface area contributed by atoms with Gasteiger partial charge in [0, 0.05) is 48.4 Å². The lowest BCUT2D eigenvalue weighted by Gasteiger charge is -2.07. The van der Waals surface area contributed by atoms with Crippen molar-refractivity contribution in [2.45, 2.75) is 36.4 Å². The third-order valence-corrected chi connectivity index (χ3v) is 4.92. The van der Waals surface area contributed by atoms with Gasteiger partial charge >= 0.3 is 0 Å². The molecule has 3 N–H and O–H groups in total. The number of fused-ring (bicyclic) bond motifs is 1. The first-order valence-corrected chi connectivity index (χ1v) is 9.37. The van der Waals surface area contributed by atoms with E-state index < -0.39 is 0 Å². The van der Waals surface area contributed by atoms with Crippen LogP contribution in [0.4, 0.5) is 11.5 Å². The molecule has 1 amide bonds. The number of aromatic nitrogens is 3. The average molecular weight is 381 g/mol. The van der Waals surface area contributed by atoms with E-state index in [2.05, 4.69) is 38.1 Å². The SMILES string of the molecule is CC(=O)Nc1ccc(Sc2nc(/N=C3/CC(C)NN3)cc3nccn23)cc1. The summed E-state index contributed by atoms with van der Waals surface area (Å²) in [5, 5.41) is 3.54. The van der Waals surface area contributed by atoms with Crippen LogP contribution in [0.15, 0.2) is 57.8 Å². The molecule has 0 spiro atoms. The van der Waals surface area contributed by atoms with Crippen molar-refractivity contribution in [3.05, 3.63) is 42.7 Å². The van der Waals surface area contributed by atoms with Gasteiger partial charge in [-0.05, 0) is 31.2 Å². The number of hydrogen-bond donors (Lipinski definition) is 3. The van der Waals surface area contributed by atoms with Gasteiger partial charge in [0.1, 0.15) is 11.5 Å². The van der Waals surface area contributed by atoms with Crippen molar-refractivity contribution in [3.8, 4) is 0 Å². The average Bonchev–Trinajstić information content (AvgIpc) is 3.25. The predicted molar refractivity (Wildman–Crippen MR) is 105 cm³/mol. The molecule has 3 aromatic rings. The lowest BCUT2D eigenvalue weighted by molar-refractivity contribution is -0.114. The number of aliphatic imine (C=N–C) groups is 1. The zero-order chi connectivity index (χ0) is 18.8. The van der Waals surface area contributed by atoms with Crippen molar-refractivity contribution < 1.29 is 4.79 Å². The molecule has 2 aromatic heterocycles. The van der Waals surface area contributed by atoms with E-state index >= 15 is 0 Å². The zero-order valence-electron chi connectivity index (χ0n) is 14.9. The summed E-state index contributed by atoms with van der Waals surface area (Å²) in [7, 11) is 0. The van der Waals surface area contributed by atoms with Gasteiger partial charge in [0.25, 0.3) is 0 Å². The van der Waals surface area contributed by atoms with Gasteiger partial charge < -0.3 is 10.7 Å². The van der Waals surface area contributed by atoms with Crippen LogP contribution in [0.1, 0.15) is 20.3 Å². The fourth-order valence-electron chi connectivity index (χ4n) is 2.74. The van der Waals surface area contributed by atoms with E-state index in [0.717, 1.165) is 33.6 Å². The van der Waals surface area contributed by atoms with E-state index in [1.807, 2.05) is 40.9 Å². The van der Waals surface area contributed by atoms with Crippen molar-refractivity contribution >= 4 is 40.7 Å². The molecule has 0 radical (unpaired) electrons. The van der Waals surface area contributed by atoms with E-state index in [-0.39, 0.29) is 5.91 Å². The number of carbonyl (C=O) groups excluding carboxylic acids is 1. The predicted octanol–water partition coefficient (Wildman–Crippen LogP) is 2.76. The highest BCUT2D eigenvalue weighted by atomic mass is 32.2. The molecule has 9 heteroatoms. The smallest absolute Gasteiger partial charge is 0.221 e. The van der Waals surface area contributed by atoms with Gasteiger partial charge in [-0.15, -0.1) is 0 Å². The number of rotatable bonds is 4. The maximum Gasteiger partial charge on any atom is 0.221 e. The van der Waals surface area contributed by atoms with Crippen LogP contribution >= 0.6 is 11.8 Å². The molecule has 138 valence electrons. The minimum absolute atomic E-state index is 0.0895. The molecule has 1 aliphatic heterocycles. The van der Waals surface area contributed by atoms with Gasteiger partial charge in [-0.1, -0.05) is 11.8 Å². The van der Waals surface area contributed by atoms with Crippen molar-refractivity contribution in [3.63, 3.8) is 0 Å². The molecule has 3 heterocycles. The molecule has 27 heavy (non-hydrogen) atoms. The summed E-state index contributed by atoms with van der Waals surface area (Å²) in [6, 6.07) is 9.84. The second-order valence-electron chi connectivity index (χ2n) is 6.29. The molecule has 1 aliphatic rings. The topological polar surface area (TPSA) is 95.7 Å². The number of nitrogens with one attached hydrogen (secondary N) is 3. The Morgan fingerprint density at radius 1 is 1.37 bits per heavy atom. The zero-order valence-corrected chi connectivity index (χ0v) is 15.7. The Labute approximate surface area is 160 Å². The Hall–Kier alpha value is -2.91. The molecule has 1 unspecified atom stereocenters. The van der Waals surface area contributed by atoms with Crippen molar-refractivity contribution in [2.24, 2.45) is 4.99 Å². The largest absolute Gasteiger partial charge is 0.326 e. The Morgan fingerprint density at radius 2 is 2.19 bits per heavy atom. The van der Waals surface area contributed by atoms with Crippen LogP contribution in [0.5, 0.6) is 0 Å². The summed E-state index contributed by atoms with van der Waals surface area (Å²) in [5.41, 5.74) is 7.77. The van der Waals surface area contributed by atoms with Crippen LogP contribution < -0.4 is 16.2 Å². The van der Waals surface area contributed by atoms with Gasteiger partial charge in [0.2, 0.25) is 5.91 Å². The highest BCUT2D eigenvalue weighted by Gasteiger charge is 2.15.